The molecule has 1 amide bonds. The summed E-state index contributed by atoms with van der Waals surface area (Å²) in [6, 6.07) is 11.0. The third-order valence-electron chi connectivity index (χ3n) is 3.57. The third kappa shape index (κ3) is 4.63. The highest BCUT2D eigenvalue weighted by Crippen LogP contribution is 2.29. The maximum Gasteiger partial charge on any atom is 0.226 e. The highest BCUT2D eigenvalue weighted by molar-refractivity contribution is 7.22. The number of benzene rings is 2. The maximum atomic E-state index is 12.1. The molecular weight excluding hydrogens is 379 g/mol. The molecular formula is C18H16Cl2N2O2S. The van der Waals surface area contributed by atoms with Crippen LogP contribution in [0, 0.1) is 6.92 Å². The lowest BCUT2D eigenvalue weighted by molar-refractivity contribution is -0.116. The summed E-state index contributed by atoms with van der Waals surface area (Å²) < 4.78 is 6.64. The van der Waals surface area contributed by atoms with Crippen LogP contribution >= 0.6 is 34.5 Å². The molecule has 0 aliphatic heterocycles. The summed E-state index contributed by atoms with van der Waals surface area (Å²) in [5.74, 6) is 0.482. The van der Waals surface area contributed by atoms with E-state index >= 15 is 0 Å². The lowest BCUT2D eigenvalue weighted by atomic mass is 10.2. The minimum atomic E-state index is -0.0810. The second kappa shape index (κ2) is 8.04. The van der Waals surface area contributed by atoms with Crippen LogP contribution in [0.2, 0.25) is 10.0 Å². The smallest absolute Gasteiger partial charge is 0.226 e. The first-order valence-corrected chi connectivity index (χ1v) is 9.34. The summed E-state index contributed by atoms with van der Waals surface area (Å²) in [6.45, 7) is 2.40. The van der Waals surface area contributed by atoms with Crippen molar-refractivity contribution in [1.82, 2.24) is 4.98 Å². The van der Waals surface area contributed by atoms with Crippen molar-refractivity contribution < 1.29 is 9.53 Å². The fraction of sp³-hybridized carbons (Fsp3) is 0.222. The van der Waals surface area contributed by atoms with Gasteiger partial charge < -0.3 is 10.1 Å². The average Bonchev–Trinajstić information content (AvgIpc) is 2.97. The number of aryl methyl sites for hydroxylation is 1. The molecule has 2 aromatic carbocycles. The van der Waals surface area contributed by atoms with Gasteiger partial charge in [-0.2, -0.15) is 0 Å². The molecule has 1 aromatic heterocycles. The van der Waals surface area contributed by atoms with Gasteiger partial charge in [-0.15, -0.1) is 0 Å². The molecule has 0 fully saturated rings. The number of hydrogen-bond acceptors (Lipinski definition) is 4. The molecule has 0 radical (unpaired) electrons. The number of nitrogens with zero attached hydrogens (tertiary/aromatic N) is 1. The Morgan fingerprint density at radius 1 is 1.28 bits per heavy atom. The summed E-state index contributed by atoms with van der Waals surface area (Å²) >= 11 is 13.3. The van der Waals surface area contributed by atoms with Crippen molar-refractivity contribution >= 4 is 55.8 Å². The van der Waals surface area contributed by atoms with E-state index in [2.05, 4.69) is 10.3 Å². The van der Waals surface area contributed by atoms with E-state index < -0.39 is 0 Å². The van der Waals surface area contributed by atoms with E-state index in [1.165, 1.54) is 11.3 Å². The Morgan fingerprint density at radius 2 is 2.12 bits per heavy atom. The van der Waals surface area contributed by atoms with E-state index in [1.54, 1.807) is 18.2 Å². The maximum absolute atomic E-state index is 12.1. The lowest BCUT2D eigenvalue weighted by Gasteiger charge is -2.08. The number of anilines is 1. The van der Waals surface area contributed by atoms with E-state index in [9.17, 15) is 4.79 Å². The topological polar surface area (TPSA) is 51.2 Å². The van der Waals surface area contributed by atoms with Gasteiger partial charge in [0.2, 0.25) is 5.91 Å². The quantitative estimate of drug-likeness (QED) is 0.544. The molecule has 0 saturated carbocycles. The van der Waals surface area contributed by atoms with Crippen molar-refractivity contribution in [2.45, 2.75) is 19.8 Å². The molecule has 25 heavy (non-hydrogen) atoms. The summed E-state index contributed by atoms with van der Waals surface area (Å²) in [4.78, 5) is 16.5. The lowest BCUT2D eigenvalue weighted by Crippen LogP contribution is -2.12. The number of para-hydroxylation sites is 1. The fourth-order valence-electron chi connectivity index (χ4n) is 2.33. The molecule has 0 unspecified atom stereocenters. The van der Waals surface area contributed by atoms with Crippen LogP contribution in [-0.2, 0) is 4.79 Å². The zero-order valence-electron chi connectivity index (χ0n) is 13.5. The van der Waals surface area contributed by atoms with Crippen molar-refractivity contribution in [2.24, 2.45) is 0 Å². The van der Waals surface area contributed by atoms with Gasteiger partial charge in [-0.05, 0) is 43.2 Å². The number of fused-ring (bicyclic) bond motifs is 1. The Labute approximate surface area is 159 Å². The third-order valence-corrected chi connectivity index (χ3v) is 5.03. The van der Waals surface area contributed by atoms with Gasteiger partial charge in [-0.3, -0.25) is 4.79 Å². The normalized spacial score (nSPS) is 10.8. The first-order valence-electron chi connectivity index (χ1n) is 7.77. The largest absolute Gasteiger partial charge is 0.492 e. The number of nitrogens with one attached hydrogen (secondary N) is 1. The van der Waals surface area contributed by atoms with Crippen molar-refractivity contribution in [2.75, 3.05) is 11.9 Å². The predicted molar refractivity (Wildman–Crippen MR) is 104 cm³/mol. The molecule has 0 aliphatic rings. The Hall–Kier alpha value is -1.82. The van der Waals surface area contributed by atoms with Gasteiger partial charge in [0.15, 0.2) is 5.13 Å². The van der Waals surface area contributed by atoms with E-state index in [0.717, 1.165) is 15.8 Å². The highest BCUT2D eigenvalue weighted by Gasteiger charge is 2.09. The summed E-state index contributed by atoms with van der Waals surface area (Å²) in [7, 11) is 0. The minimum Gasteiger partial charge on any atom is -0.492 e. The molecule has 0 bridgehead atoms. The van der Waals surface area contributed by atoms with Gasteiger partial charge in [0, 0.05) is 11.4 Å². The number of carbonyl (C=O) groups excluding carboxylic acids is 1. The molecule has 1 heterocycles. The van der Waals surface area contributed by atoms with Crippen molar-refractivity contribution in [3.05, 3.63) is 52.0 Å². The zero-order valence-corrected chi connectivity index (χ0v) is 15.8. The summed E-state index contributed by atoms with van der Waals surface area (Å²) in [5, 5.41) is 4.48. The zero-order chi connectivity index (χ0) is 17.8. The minimum absolute atomic E-state index is 0.0810. The van der Waals surface area contributed by atoms with Gasteiger partial charge >= 0.3 is 0 Å². The number of rotatable bonds is 6. The number of thiazole rings is 1. The van der Waals surface area contributed by atoms with Crippen LogP contribution in [0.25, 0.3) is 10.2 Å². The van der Waals surface area contributed by atoms with E-state index in [-0.39, 0.29) is 5.91 Å². The fourth-order valence-corrected chi connectivity index (χ4v) is 3.75. The van der Waals surface area contributed by atoms with Gasteiger partial charge in [-0.1, -0.05) is 46.7 Å². The first-order chi connectivity index (χ1) is 12.0. The molecule has 0 atom stereocenters. The van der Waals surface area contributed by atoms with Crippen LogP contribution in [0.15, 0.2) is 36.4 Å². The van der Waals surface area contributed by atoms with Crippen LogP contribution in [0.4, 0.5) is 5.13 Å². The number of ether oxygens (including phenoxy) is 1. The van der Waals surface area contributed by atoms with Crippen molar-refractivity contribution in [3.8, 4) is 5.75 Å². The van der Waals surface area contributed by atoms with Gasteiger partial charge in [0.25, 0.3) is 0 Å². The second-order valence-corrected chi connectivity index (χ2v) is 7.39. The summed E-state index contributed by atoms with van der Waals surface area (Å²) in [6.07, 6.45) is 0.925. The van der Waals surface area contributed by atoms with Crippen LogP contribution in [0.5, 0.6) is 5.75 Å². The molecule has 0 spiro atoms. The van der Waals surface area contributed by atoms with Gasteiger partial charge in [0.1, 0.15) is 5.75 Å². The molecule has 3 aromatic rings. The van der Waals surface area contributed by atoms with Crippen LogP contribution in [0.3, 0.4) is 0 Å². The molecule has 3 rings (SSSR count). The predicted octanol–water partition coefficient (Wildman–Crippen LogP) is 5.71. The van der Waals surface area contributed by atoms with E-state index in [0.29, 0.717) is 40.4 Å². The molecule has 1 N–H and O–H groups in total. The standard InChI is InChI=1S/C18H16Cl2N2O2S/c1-11-4-2-5-15-17(11)22-18(25-15)21-16(23)6-3-9-24-14-8-7-12(19)10-13(14)20/h2,4-5,7-8,10H,3,6,9H2,1H3,(H,21,22,23). The summed E-state index contributed by atoms with van der Waals surface area (Å²) in [5.41, 5.74) is 2.03. The highest BCUT2D eigenvalue weighted by atomic mass is 35.5. The number of hydrogen-bond donors (Lipinski definition) is 1. The second-order valence-electron chi connectivity index (χ2n) is 5.52. The van der Waals surface area contributed by atoms with E-state index in [1.807, 2.05) is 25.1 Å². The van der Waals surface area contributed by atoms with Crippen LogP contribution in [0.1, 0.15) is 18.4 Å². The van der Waals surface area contributed by atoms with E-state index in [4.69, 9.17) is 27.9 Å². The Bertz CT molecular complexity index is 911. The Balaban J connectivity index is 1.48. The molecule has 0 aliphatic carbocycles. The molecule has 4 nitrogen and oxygen atoms in total. The molecule has 7 heteroatoms. The van der Waals surface area contributed by atoms with Gasteiger partial charge in [-0.25, -0.2) is 4.98 Å². The first kappa shape index (κ1) is 18.0. The Morgan fingerprint density at radius 3 is 2.88 bits per heavy atom. The average molecular weight is 395 g/mol. The monoisotopic (exact) mass is 394 g/mol. The number of carbonyl (C=O) groups is 1. The number of aromatic nitrogens is 1. The number of halogens is 2. The van der Waals surface area contributed by atoms with Crippen LogP contribution in [-0.4, -0.2) is 17.5 Å². The number of amides is 1. The van der Waals surface area contributed by atoms with Crippen LogP contribution < -0.4 is 10.1 Å². The molecule has 130 valence electrons. The van der Waals surface area contributed by atoms with Crippen molar-refractivity contribution in [1.29, 1.82) is 0 Å². The molecule has 0 saturated heterocycles. The van der Waals surface area contributed by atoms with Crippen molar-refractivity contribution in [3.63, 3.8) is 0 Å². The SMILES string of the molecule is Cc1cccc2sc(NC(=O)CCCOc3ccc(Cl)cc3Cl)nc12. The Kier molecular flexibility index (Phi) is 5.78. The van der Waals surface area contributed by atoms with Gasteiger partial charge in [0.05, 0.1) is 21.8 Å².